The minimum absolute atomic E-state index is 0.111. The molecular formula is C15H22N2O. The summed E-state index contributed by atoms with van der Waals surface area (Å²) in [6.07, 6.45) is 5.37. The fourth-order valence-electron chi connectivity index (χ4n) is 2.87. The van der Waals surface area contributed by atoms with Crippen LogP contribution in [-0.4, -0.2) is 5.91 Å². The van der Waals surface area contributed by atoms with Gasteiger partial charge in [-0.15, -0.1) is 0 Å². The molecule has 0 radical (unpaired) electrons. The quantitative estimate of drug-likeness (QED) is 0.803. The van der Waals surface area contributed by atoms with Crippen LogP contribution in [-0.2, 0) is 11.3 Å². The van der Waals surface area contributed by atoms with Crippen molar-refractivity contribution in [2.24, 2.45) is 5.41 Å². The van der Waals surface area contributed by atoms with Gasteiger partial charge in [-0.05, 0) is 37.0 Å². The molecule has 1 aliphatic carbocycles. The molecule has 0 bridgehead atoms. The molecular weight excluding hydrogens is 224 g/mol. The summed E-state index contributed by atoms with van der Waals surface area (Å²) in [6, 6.07) is 7.68. The van der Waals surface area contributed by atoms with Crippen LogP contribution in [0.5, 0.6) is 0 Å². The normalized spacial score (nSPS) is 17.6. The number of rotatable bonds is 4. The first-order valence-corrected chi connectivity index (χ1v) is 6.79. The van der Waals surface area contributed by atoms with Gasteiger partial charge in [0.2, 0.25) is 5.91 Å². The van der Waals surface area contributed by atoms with Crippen molar-refractivity contribution in [1.29, 1.82) is 0 Å². The number of hydrogen-bond donors (Lipinski definition) is 2. The van der Waals surface area contributed by atoms with Gasteiger partial charge in [0.15, 0.2) is 0 Å². The van der Waals surface area contributed by atoms with E-state index in [-0.39, 0.29) is 11.3 Å². The van der Waals surface area contributed by atoms with Gasteiger partial charge >= 0.3 is 0 Å². The zero-order valence-corrected chi connectivity index (χ0v) is 11.0. The predicted octanol–water partition coefficient (Wildman–Crippen LogP) is 2.86. The molecule has 1 fully saturated rings. The molecule has 98 valence electrons. The van der Waals surface area contributed by atoms with Crippen molar-refractivity contribution in [2.75, 3.05) is 5.73 Å². The first-order valence-electron chi connectivity index (χ1n) is 6.79. The second-order valence-corrected chi connectivity index (χ2v) is 5.27. The Kier molecular flexibility index (Phi) is 3.90. The van der Waals surface area contributed by atoms with E-state index in [9.17, 15) is 4.79 Å². The Morgan fingerprint density at radius 3 is 2.72 bits per heavy atom. The smallest absolute Gasteiger partial charge is 0.226 e. The number of nitrogens with one attached hydrogen (secondary N) is 1. The SMILES string of the molecule is CCC1(C(=O)NCc2cccc(N)c2)CCCC1. The lowest BCUT2D eigenvalue weighted by Crippen LogP contribution is -2.38. The molecule has 0 aliphatic heterocycles. The first-order chi connectivity index (χ1) is 8.66. The van der Waals surface area contributed by atoms with Gasteiger partial charge in [0.05, 0.1) is 0 Å². The van der Waals surface area contributed by atoms with E-state index in [4.69, 9.17) is 5.73 Å². The van der Waals surface area contributed by atoms with E-state index in [0.717, 1.165) is 30.5 Å². The van der Waals surface area contributed by atoms with Crippen LogP contribution in [0.15, 0.2) is 24.3 Å². The molecule has 1 aliphatic rings. The second kappa shape index (κ2) is 5.42. The lowest BCUT2D eigenvalue weighted by Gasteiger charge is -2.26. The molecule has 1 amide bonds. The van der Waals surface area contributed by atoms with Crippen LogP contribution in [0.4, 0.5) is 5.69 Å². The summed E-state index contributed by atoms with van der Waals surface area (Å²) >= 11 is 0. The number of anilines is 1. The summed E-state index contributed by atoms with van der Waals surface area (Å²) in [4.78, 5) is 12.3. The molecule has 0 atom stereocenters. The van der Waals surface area contributed by atoms with Crippen molar-refractivity contribution >= 4 is 11.6 Å². The molecule has 3 nitrogen and oxygen atoms in total. The Labute approximate surface area is 109 Å². The van der Waals surface area contributed by atoms with Gasteiger partial charge in [0, 0.05) is 17.6 Å². The molecule has 3 N–H and O–H groups in total. The average molecular weight is 246 g/mol. The molecule has 0 unspecified atom stereocenters. The van der Waals surface area contributed by atoms with Crippen molar-refractivity contribution < 1.29 is 4.79 Å². The highest BCUT2D eigenvalue weighted by molar-refractivity contribution is 5.82. The standard InChI is InChI=1S/C15H22N2O/c1-2-15(8-3-4-9-15)14(18)17-11-12-6-5-7-13(16)10-12/h5-7,10H,2-4,8-9,11,16H2,1H3,(H,17,18). The number of carbonyl (C=O) groups is 1. The van der Waals surface area contributed by atoms with Gasteiger partial charge in [0.1, 0.15) is 0 Å². The van der Waals surface area contributed by atoms with E-state index >= 15 is 0 Å². The van der Waals surface area contributed by atoms with Gasteiger partial charge in [-0.25, -0.2) is 0 Å². The van der Waals surface area contributed by atoms with Gasteiger partial charge in [-0.3, -0.25) is 4.79 Å². The number of benzene rings is 1. The van der Waals surface area contributed by atoms with E-state index in [1.54, 1.807) is 0 Å². The molecule has 0 aromatic heterocycles. The zero-order chi connectivity index (χ0) is 13.0. The average Bonchev–Trinajstić information content (AvgIpc) is 2.86. The number of carbonyl (C=O) groups excluding carboxylic acids is 1. The monoisotopic (exact) mass is 246 g/mol. The van der Waals surface area contributed by atoms with Crippen molar-refractivity contribution in [2.45, 2.75) is 45.6 Å². The second-order valence-electron chi connectivity index (χ2n) is 5.27. The van der Waals surface area contributed by atoms with E-state index in [2.05, 4.69) is 12.2 Å². The van der Waals surface area contributed by atoms with E-state index in [1.807, 2.05) is 24.3 Å². The molecule has 18 heavy (non-hydrogen) atoms. The first kappa shape index (κ1) is 12.9. The fraction of sp³-hybridized carbons (Fsp3) is 0.533. The van der Waals surface area contributed by atoms with Gasteiger partial charge < -0.3 is 11.1 Å². The summed E-state index contributed by atoms with van der Waals surface area (Å²) in [5.74, 6) is 0.213. The van der Waals surface area contributed by atoms with Gasteiger partial charge in [-0.1, -0.05) is 31.9 Å². The van der Waals surface area contributed by atoms with Crippen molar-refractivity contribution in [3.8, 4) is 0 Å². The molecule has 0 spiro atoms. The highest BCUT2D eigenvalue weighted by Crippen LogP contribution is 2.41. The van der Waals surface area contributed by atoms with Crippen LogP contribution in [0.3, 0.4) is 0 Å². The van der Waals surface area contributed by atoms with Crippen molar-refractivity contribution in [1.82, 2.24) is 5.32 Å². The van der Waals surface area contributed by atoms with Crippen molar-refractivity contribution in [3.05, 3.63) is 29.8 Å². The maximum atomic E-state index is 12.3. The molecule has 3 heteroatoms. The van der Waals surface area contributed by atoms with Crippen LogP contribution < -0.4 is 11.1 Å². The molecule has 1 saturated carbocycles. The van der Waals surface area contributed by atoms with Crippen LogP contribution in [0.1, 0.15) is 44.6 Å². The third kappa shape index (κ3) is 2.66. The third-order valence-corrected chi connectivity index (χ3v) is 4.12. The Hall–Kier alpha value is -1.51. The molecule has 1 aromatic rings. The van der Waals surface area contributed by atoms with Gasteiger partial charge in [0.25, 0.3) is 0 Å². The summed E-state index contributed by atoms with van der Waals surface area (Å²) in [5, 5.41) is 3.07. The summed E-state index contributed by atoms with van der Waals surface area (Å²) in [5.41, 5.74) is 7.42. The minimum atomic E-state index is -0.111. The van der Waals surface area contributed by atoms with Crippen LogP contribution in [0, 0.1) is 5.41 Å². The topological polar surface area (TPSA) is 55.1 Å². The summed E-state index contributed by atoms with van der Waals surface area (Å²) < 4.78 is 0. The van der Waals surface area contributed by atoms with Crippen LogP contribution >= 0.6 is 0 Å². The Balaban J connectivity index is 1.95. The maximum absolute atomic E-state index is 12.3. The third-order valence-electron chi connectivity index (χ3n) is 4.12. The molecule has 1 aromatic carbocycles. The number of nitrogens with two attached hydrogens (primary N) is 1. The summed E-state index contributed by atoms with van der Waals surface area (Å²) in [6.45, 7) is 2.69. The Morgan fingerprint density at radius 1 is 1.39 bits per heavy atom. The number of amides is 1. The van der Waals surface area contributed by atoms with E-state index in [1.165, 1.54) is 12.8 Å². The minimum Gasteiger partial charge on any atom is -0.399 e. The van der Waals surface area contributed by atoms with Crippen LogP contribution in [0.2, 0.25) is 0 Å². The highest BCUT2D eigenvalue weighted by atomic mass is 16.2. The number of nitrogen functional groups attached to an aromatic ring is 1. The number of hydrogen-bond acceptors (Lipinski definition) is 2. The van der Waals surface area contributed by atoms with Crippen molar-refractivity contribution in [3.63, 3.8) is 0 Å². The predicted molar refractivity (Wildman–Crippen MR) is 73.9 cm³/mol. The zero-order valence-electron chi connectivity index (χ0n) is 11.0. The summed E-state index contributed by atoms with van der Waals surface area (Å²) in [7, 11) is 0. The Bertz CT molecular complexity index is 422. The molecule has 0 saturated heterocycles. The highest BCUT2D eigenvalue weighted by Gasteiger charge is 2.38. The van der Waals surface area contributed by atoms with E-state index in [0.29, 0.717) is 6.54 Å². The lowest BCUT2D eigenvalue weighted by molar-refractivity contribution is -0.131. The van der Waals surface area contributed by atoms with Gasteiger partial charge in [-0.2, -0.15) is 0 Å². The maximum Gasteiger partial charge on any atom is 0.226 e. The lowest BCUT2D eigenvalue weighted by atomic mass is 9.82. The largest absolute Gasteiger partial charge is 0.399 e. The molecule has 2 rings (SSSR count). The fourth-order valence-corrected chi connectivity index (χ4v) is 2.87. The molecule has 0 heterocycles. The Morgan fingerprint density at radius 2 is 2.11 bits per heavy atom. The van der Waals surface area contributed by atoms with E-state index < -0.39 is 0 Å². The van der Waals surface area contributed by atoms with Crippen LogP contribution in [0.25, 0.3) is 0 Å².